The van der Waals surface area contributed by atoms with Gasteiger partial charge in [0.05, 0.1) is 0 Å². The minimum atomic E-state index is -1.01. The first kappa shape index (κ1) is 10.1. The summed E-state index contributed by atoms with van der Waals surface area (Å²) in [6.07, 6.45) is 3.30. The van der Waals surface area contributed by atoms with Gasteiger partial charge in [0.25, 0.3) is 0 Å². The van der Waals surface area contributed by atoms with Crippen molar-refractivity contribution in [2.75, 3.05) is 0 Å². The van der Waals surface area contributed by atoms with Crippen LogP contribution in [0, 0.1) is 11.3 Å². The van der Waals surface area contributed by atoms with Gasteiger partial charge < -0.3 is 0 Å². The fraction of sp³-hybridized carbons (Fsp3) is 0.700. The van der Waals surface area contributed by atoms with Gasteiger partial charge in [-0.1, -0.05) is 19.8 Å². The molecule has 0 bridgehead atoms. The smallest absolute Gasteiger partial charge is 0.277 e. The summed E-state index contributed by atoms with van der Waals surface area (Å²) in [6.45, 7) is 1.90. The van der Waals surface area contributed by atoms with E-state index in [4.69, 9.17) is 0 Å². The van der Waals surface area contributed by atoms with E-state index >= 15 is 0 Å². The topological polar surface area (TPSA) is 75.3 Å². The van der Waals surface area contributed by atoms with Crippen molar-refractivity contribution in [3.8, 4) is 0 Å². The van der Waals surface area contributed by atoms with Crippen LogP contribution in [0.4, 0.5) is 4.79 Å². The Kier molecular flexibility index (Phi) is 2.25. The first-order valence-corrected chi connectivity index (χ1v) is 5.24. The molecule has 5 nitrogen and oxygen atoms in total. The van der Waals surface area contributed by atoms with Crippen LogP contribution in [0.2, 0.25) is 0 Å². The van der Waals surface area contributed by atoms with E-state index < -0.39 is 23.3 Å². The standard InChI is InChI=1S/C10H14N2O3/c1-6-4-2-3-5-10(6)7(13)11-9(15)12-8(10)14/h6H,2-5H2,1H3,(H2,11,12,13,14,15)/t6-/m1/s1. The van der Waals surface area contributed by atoms with Crippen molar-refractivity contribution in [1.82, 2.24) is 10.6 Å². The number of carbonyl (C=O) groups excluding carboxylic acids is 3. The fourth-order valence-electron chi connectivity index (χ4n) is 2.59. The Morgan fingerprint density at radius 2 is 1.73 bits per heavy atom. The van der Waals surface area contributed by atoms with Crippen molar-refractivity contribution in [2.45, 2.75) is 32.6 Å². The van der Waals surface area contributed by atoms with Gasteiger partial charge in [0.2, 0.25) is 11.8 Å². The van der Waals surface area contributed by atoms with Gasteiger partial charge in [0.1, 0.15) is 5.41 Å². The van der Waals surface area contributed by atoms with Gasteiger partial charge in [-0.25, -0.2) is 4.79 Å². The number of barbiturate groups is 1. The first-order chi connectivity index (χ1) is 7.07. The molecule has 1 saturated heterocycles. The molecular formula is C10H14N2O3. The van der Waals surface area contributed by atoms with Crippen molar-refractivity contribution in [2.24, 2.45) is 11.3 Å². The molecule has 1 aliphatic carbocycles. The van der Waals surface area contributed by atoms with Crippen LogP contribution in [0.3, 0.4) is 0 Å². The Bertz CT molecular complexity index is 318. The summed E-state index contributed by atoms with van der Waals surface area (Å²) < 4.78 is 0. The van der Waals surface area contributed by atoms with E-state index in [1.165, 1.54) is 0 Å². The lowest BCUT2D eigenvalue weighted by atomic mass is 9.65. The summed E-state index contributed by atoms with van der Waals surface area (Å²) in [5.41, 5.74) is -1.01. The number of nitrogens with one attached hydrogen (secondary N) is 2. The van der Waals surface area contributed by atoms with Gasteiger partial charge in [0.15, 0.2) is 0 Å². The zero-order chi connectivity index (χ0) is 11.1. The van der Waals surface area contributed by atoms with Crippen molar-refractivity contribution >= 4 is 17.8 Å². The minimum Gasteiger partial charge on any atom is -0.277 e. The zero-order valence-corrected chi connectivity index (χ0v) is 8.63. The second-order valence-corrected chi connectivity index (χ2v) is 4.36. The summed E-state index contributed by atoms with van der Waals surface area (Å²) in [7, 11) is 0. The number of hydrogen-bond acceptors (Lipinski definition) is 3. The molecule has 82 valence electrons. The van der Waals surface area contributed by atoms with Gasteiger partial charge in [-0.05, 0) is 18.8 Å². The van der Waals surface area contributed by atoms with E-state index in [1.807, 2.05) is 6.92 Å². The predicted octanol–water partition coefficient (Wildman–Crippen LogP) is 0.549. The molecule has 2 fully saturated rings. The van der Waals surface area contributed by atoms with Gasteiger partial charge in [-0.3, -0.25) is 20.2 Å². The maximum Gasteiger partial charge on any atom is 0.328 e. The predicted molar refractivity (Wildman–Crippen MR) is 51.7 cm³/mol. The largest absolute Gasteiger partial charge is 0.328 e. The highest BCUT2D eigenvalue weighted by Gasteiger charge is 2.54. The molecule has 2 aliphatic rings. The highest BCUT2D eigenvalue weighted by atomic mass is 16.2. The maximum absolute atomic E-state index is 11.8. The monoisotopic (exact) mass is 210 g/mol. The molecule has 1 heterocycles. The zero-order valence-electron chi connectivity index (χ0n) is 8.63. The molecule has 0 aromatic rings. The van der Waals surface area contributed by atoms with Crippen LogP contribution in [0.1, 0.15) is 32.6 Å². The van der Waals surface area contributed by atoms with E-state index in [0.717, 1.165) is 19.3 Å². The Hall–Kier alpha value is -1.39. The Balaban J connectivity index is 2.35. The van der Waals surface area contributed by atoms with Crippen LogP contribution in [0.25, 0.3) is 0 Å². The first-order valence-electron chi connectivity index (χ1n) is 5.24. The molecular weight excluding hydrogens is 196 g/mol. The molecule has 1 saturated carbocycles. The van der Waals surface area contributed by atoms with Crippen LogP contribution in [-0.2, 0) is 9.59 Å². The molecule has 1 aliphatic heterocycles. The fourth-order valence-corrected chi connectivity index (χ4v) is 2.59. The summed E-state index contributed by atoms with van der Waals surface area (Å²) >= 11 is 0. The second kappa shape index (κ2) is 3.32. The summed E-state index contributed by atoms with van der Waals surface area (Å²) in [5.74, 6) is -0.855. The van der Waals surface area contributed by atoms with E-state index in [1.54, 1.807) is 0 Å². The van der Waals surface area contributed by atoms with Crippen LogP contribution < -0.4 is 10.6 Å². The highest BCUT2D eigenvalue weighted by Crippen LogP contribution is 2.42. The van der Waals surface area contributed by atoms with Crippen molar-refractivity contribution in [3.63, 3.8) is 0 Å². The number of hydrogen-bond donors (Lipinski definition) is 2. The minimum absolute atomic E-state index is 0.000602. The molecule has 2 rings (SSSR count). The van der Waals surface area contributed by atoms with Crippen LogP contribution in [0.15, 0.2) is 0 Å². The Morgan fingerprint density at radius 1 is 1.13 bits per heavy atom. The highest BCUT2D eigenvalue weighted by molar-refractivity contribution is 6.19. The number of imide groups is 2. The second-order valence-electron chi connectivity index (χ2n) is 4.36. The molecule has 1 spiro atoms. The third-order valence-corrected chi connectivity index (χ3v) is 3.56. The lowest BCUT2D eigenvalue weighted by molar-refractivity contribution is -0.150. The van der Waals surface area contributed by atoms with Crippen molar-refractivity contribution in [3.05, 3.63) is 0 Å². The van der Waals surface area contributed by atoms with Crippen molar-refractivity contribution in [1.29, 1.82) is 0 Å². The Morgan fingerprint density at radius 3 is 2.27 bits per heavy atom. The summed E-state index contributed by atoms with van der Waals surface area (Å²) in [5, 5.41) is 4.38. The molecule has 4 amide bonds. The molecule has 0 radical (unpaired) electrons. The number of urea groups is 1. The van der Waals surface area contributed by atoms with Crippen LogP contribution in [-0.4, -0.2) is 17.8 Å². The van der Waals surface area contributed by atoms with Crippen LogP contribution in [0.5, 0.6) is 0 Å². The lowest BCUT2D eigenvalue weighted by Gasteiger charge is -2.41. The van der Waals surface area contributed by atoms with E-state index in [0.29, 0.717) is 6.42 Å². The normalized spacial score (nSPS) is 29.9. The van der Waals surface area contributed by atoms with Crippen LogP contribution >= 0.6 is 0 Å². The molecule has 5 heteroatoms. The van der Waals surface area contributed by atoms with Gasteiger partial charge in [0, 0.05) is 0 Å². The molecule has 1 atom stereocenters. The van der Waals surface area contributed by atoms with Gasteiger partial charge in [-0.2, -0.15) is 0 Å². The quantitative estimate of drug-likeness (QED) is 0.573. The average molecular weight is 210 g/mol. The third-order valence-electron chi connectivity index (χ3n) is 3.56. The van der Waals surface area contributed by atoms with E-state index in [9.17, 15) is 14.4 Å². The average Bonchev–Trinajstić information content (AvgIpc) is 2.16. The lowest BCUT2D eigenvalue weighted by Crippen LogP contribution is -2.65. The van der Waals surface area contributed by atoms with Crippen molar-refractivity contribution < 1.29 is 14.4 Å². The number of carbonyl (C=O) groups is 3. The molecule has 0 aromatic carbocycles. The van der Waals surface area contributed by atoms with Gasteiger partial charge in [-0.15, -0.1) is 0 Å². The van der Waals surface area contributed by atoms with E-state index in [2.05, 4.69) is 10.6 Å². The molecule has 0 unspecified atom stereocenters. The Labute approximate surface area is 87.6 Å². The summed E-state index contributed by atoms with van der Waals surface area (Å²) in [4.78, 5) is 34.6. The SMILES string of the molecule is C[C@@H]1CCCCC12C(=O)NC(=O)NC2=O. The molecule has 2 N–H and O–H groups in total. The summed E-state index contributed by atoms with van der Waals surface area (Å²) in [6, 6.07) is -0.701. The molecule has 15 heavy (non-hydrogen) atoms. The van der Waals surface area contributed by atoms with Gasteiger partial charge >= 0.3 is 6.03 Å². The maximum atomic E-state index is 11.8. The van der Waals surface area contributed by atoms with E-state index in [-0.39, 0.29) is 5.92 Å². The number of amides is 4. The number of rotatable bonds is 0. The third kappa shape index (κ3) is 1.33. The molecule has 0 aromatic heterocycles.